The van der Waals surface area contributed by atoms with Gasteiger partial charge in [0, 0.05) is 21.6 Å². The molecule has 306 valence electrons. The third-order valence-electron chi connectivity index (χ3n) is 15.0. The molecule has 0 spiro atoms. The molecule has 1 aromatic heterocycles. The number of hydrogen-bond donors (Lipinski definition) is 0. The maximum absolute atomic E-state index is 2.64. The molecule has 4 aliphatic rings. The van der Waals surface area contributed by atoms with Gasteiger partial charge < -0.3 is 4.90 Å². The molecule has 3 unspecified atom stereocenters. The molecule has 0 saturated heterocycles. The van der Waals surface area contributed by atoms with E-state index in [4.69, 9.17) is 0 Å². The number of rotatable bonds is 7. The van der Waals surface area contributed by atoms with Crippen molar-refractivity contribution in [3.8, 4) is 11.1 Å². The monoisotopic (exact) mass is 837 g/mol. The minimum atomic E-state index is -0.622. The van der Waals surface area contributed by atoms with Gasteiger partial charge in [-0.15, -0.1) is 11.3 Å². The summed E-state index contributed by atoms with van der Waals surface area (Å²) in [6.45, 7) is 0. The molecule has 0 bridgehead atoms. The normalized spacial score (nSPS) is 20.2. The van der Waals surface area contributed by atoms with Crippen LogP contribution in [-0.4, -0.2) is 0 Å². The number of benzene rings is 8. The predicted molar refractivity (Wildman–Crippen MR) is 268 cm³/mol. The number of aryl methyl sites for hydroxylation is 1. The van der Waals surface area contributed by atoms with Gasteiger partial charge in [-0.25, -0.2) is 0 Å². The van der Waals surface area contributed by atoms with Crippen molar-refractivity contribution in [1.82, 2.24) is 0 Å². The smallest absolute Gasteiger partial charge is 0.0720 e. The van der Waals surface area contributed by atoms with E-state index in [0.29, 0.717) is 5.92 Å². The molecule has 0 saturated carbocycles. The average Bonchev–Trinajstić information content (AvgIpc) is 3.91. The van der Waals surface area contributed by atoms with Gasteiger partial charge in [-0.1, -0.05) is 200 Å². The molecule has 13 rings (SSSR count). The molecule has 8 aromatic carbocycles. The SMILES string of the molecule is C1=Cc2c(sc3c(N(C4=CCC(c5ccccc5)CC4)c4cccc(C5(c6ccccc6)c6ccccc6C6(c7ccccc7)c7ccccc7-c7cccc5c76)c4)cccc23)CC1. The van der Waals surface area contributed by atoms with Crippen molar-refractivity contribution in [3.63, 3.8) is 0 Å². The standard InChI is InChI=1S/C62H47NS/c1-4-19-42(20-5-1)43-37-39-47(40-38-43)63(57-35-18-30-52-50-28-11-15-36-58(50)64-60(52)57)48-26-16-25-46(41-48)61(44-21-6-2-7-22-44)54-32-13-14-33-55(54)62(45-23-8-3-9-24-45)53-31-12-10-27-49(53)51-29-17-34-56(61)59(51)62/h1-14,16-35,39,41,43H,15,36-38,40H2. The van der Waals surface area contributed by atoms with Crippen LogP contribution in [0.4, 0.5) is 11.4 Å². The van der Waals surface area contributed by atoms with Crippen molar-refractivity contribution in [3.05, 3.63) is 279 Å². The molecule has 64 heavy (non-hydrogen) atoms. The molecular formula is C62H47NS. The second kappa shape index (κ2) is 14.8. The van der Waals surface area contributed by atoms with E-state index in [1.165, 1.54) is 98.8 Å². The molecule has 0 aliphatic heterocycles. The summed E-state index contributed by atoms with van der Waals surface area (Å²) in [4.78, 5) is 4.15. The summed E-state index contributed by atoms with van der Waals surface area (Å²) < 4.78 is 1.38. The zero-order valence-electron chi connectivity index (χ0n) is 35.8. The van der Waals surface area contributed by atoms with Crippen LogP contribution in [0, 0.1) is 0 Å². The fourth-order valence-corrected chi connectivity index (χ4v) is 13.7. The van der Waals surface area contributed by atoms with Crippen LogP contribution in [0.5, 0.6) is 0 Å². The van der Waals surface area contributed by atoms with E-state index < -0.39 is 10.8 Å². The Morgan fingerprint density at radius 2 is 1.14 bits per heavy atom. The Morgan fingerprint density at radius 1 is 0.516 bits per heavy atom. The summed E-state index contributed by atoms with van der Waals surface area (Å²) in [5.74, 6) is 0.516. The van der Waals surface area contributed by atoms with E-state index >= 15 is 0 Å². The summed E-state index contributed by atoms with van der Waals surface area (Å²) in [5, 5.41) is 1.37. The van der Waals surface area contributed by atoms with Crippen LogP contribution in [0.1, 0.15) is 92.1 Å². The highest BCUT2D eigenvalue weighted by Crippen LogP contribution is 2.66. The Morgan fingerprint density at radius 3 is 1.91 bits per heavy atom. The molecule has 0 fully saturated rings. The number of thiophene rings is 1. The molecule has 0 N–H and O–H groups in total. The van der Waals surface area contributed by atoms with Crippen molar-refractivity contribution in [2.75, 3.05) is 4.90 Å². The molecule has 9 aromatic rings. The Bertz CT molecular complexity index is 3320. The van der Waals surface area contributed by atoms with Gasteiger partial charge in [0.1, 0.15) is 0 Å². The zero-order chi connectivity index (χ0) is 42.2. The average molecular weight is 838 g/mol. The molecule has 2 heteroatoms. The van der Waals surface area contributed by atoms with E-state index in [9.17, 15) is 0 Å². The van der Waals surface area contributed by atoms with Crippen molar-refractivity contribution in [2.45, 2.75) is 48.9 Å². The van der Waals surface area contributed by atoms with Crippen LogP contribution < -0.4 is 4.90 Å². The fraction of sp³-hybridized carbons (Fsp3) is 0.129. The highest BCUT2D eigenvalue weighted by atomic mass is 32.1. The Hall–Kier alpha value is -7.00. The van der Waals surface area contributed by atoms with Crippen LogP contribution in [0.25, 0.3) is 27.3 Å². The van der Waals surface area contributed by atoms with E-state index in [0.717, 1.165) is 32.1 Å². The molecule has 1 heterocycles. The van der Waals surface area contributed by atoms with Crippen LogP contribution in [-0.2, 0) is 17.3 Å². The molecule has 0 radical (unpaired) electrons. The lowest BCUT2D eigenvalue weighted by Gasteiger charge is -2.49. The first-order chi connectivity index (χ1) is 31.8. The minimum absolute atomic E-state index is 0.479. The van der Waals surface area contributed by atoms with E-state index in [2.05, 4.69) is 223 Å². The van der Waals surface area contributed by atoms with Crippen LogP contribution in [0.15, 0.2) is 218 Å². The number of fused-ring (bicyclic) bond motifs is 8. The minimum Gasteiger partial charge on any atom is -0.313 e. The predicted octanol–water partition coefficient (Wildman–Crippen LogP) is 15.9. The fourth-order valence-electron chi connectivity index (χ4n) is 12.4. The van der Waals surface area contributed by atoms with Gasteiger partial charge in [-0.2, -0.15) is 0 Å². The summed E-state index contributed by atoms with van der Waals surface area (Å²) in [6, 6.07) is 76.2. The molecule has 0 amide bonds. The number of allylic oxidation sites excluding steroid dienone is 3. The van der Waals surface area contributed by atoms with Gasteiger partial charge in [-0.05, 0) is 123 Å². The van der Waals surface area contributed by atoms with Crippen molar-refractivity contribution >= 4 is 38.9 Å². The Balaban J connectivity index is 1.08. The molecule has 1 nitrogen and oxygen atoms in total. The van der Waals surface area contributed by atoms with Crippen molar-refractivity contribution < 1.29 is 0 Å². The lowest BCUT2D eigenvalue weighted by atomic mass is 9.51. The van der Waals surface area contributed by atoms with Gasteiger partial charge in [0.15, 0.2) is 0 Å². The lowest BCUT2D eigenvalue weighted by Crippen LogP contribution is -2.44. The first kappa shape index (κ1) is 37.5. The van der Waals surface area contributed by atoms with E-state index in [1.54, 1.807) is 0 Å². The number of nitrogens with zero attached hydrogens (tertiary/aromatic N) is 1. The van der Waals surface area contributed by atoms with Gasteiger partial charge in [0.25, 0.3) is 0 Å². The third kappa shape index (κ3) is 5.30. The lowest BCUT2D eigenvalue weighted by molar-refractivity contribution is 0.593. The number of anilines is 2. The second-order valence-corrected chi connectivity index (χ2v) is 19.2. The van der Waals surface area contributed by atoms with Gasteiger partial charge in [-0.3, -0.25) is 0 Å². The summed E-state index contributed by atoms with van der Waals surface area (Å²) >= 11 is 2.00. The topological polar surface area (TPSA) is 3.24 Å². The third-order valence-corrected chi connectivity index (χ3v) is 16.3. The maximum atomic E-state index is 2.64. The Kier molecular flexibility index (Phi) is 8.68. The summed E-state index contributed by atoms with van der Waals surface area (Å²) in [7, 11) is 0. The van der Waals surface area contributed by atoms with Crippen molar-refractivity contribution in [1.29, 1.82) is 0 Å². The largest absolute Gasteiger partial charge is 0.313 e. The summed E-state index contributed by atoms with van der Waals surface area (Å²) in [6.07, 6.45) is 12.6. The molecule has 4 aliphatic carbocycles. The van der Waals surface area contributed by atoms with Crippen molar-refractivity contribution in [2.24, 2.45) is 0 Å². The zero-order valence-corrected chi connectivity index (χ0v) is 36.6. The van der Waals surface area contributed by atoms with E-state index in [1.807, 2.05) is 11.3 Å². The maximum Gasteiger partial charge on any atom is 0.0720 e. The molecule has 3 atom stereocenters. The van der Waals surface area contributed by atoms with Gasteiger partial charge in [0.05, 0.1) is 21.2 Å². The quantitative estimate of drug-likeness (QED) is 0.155. The number of hydrogen-bond acceptors (Lipinski definition) is 2. The first-order valence-electron chi connectivity index (χ1n) is 23.1. The second-order valence-electron chi connectivity index (χ2n) is 18.0. The Labute approximate surface area is 380 Å². The highest BCUT2D eigenvalue weighted by molar-refractivity contribution is 7.20. The summed E-state index contributed by atoms with van der Waals surface area (Å²) in [5.41, 5.74) is 18.9. The van der Waals surface area contributed by atoms with Gasteiger partial charge >= 0.3 is 0 Å². The van der Waals surface area contributed by atoms with Gasteiger partial charge in [0.2, 0.25) is 0 Å². The van der Waals surface area contributed by atoms with Crippen LogP contribution in [0.2, 0.25) is 0 Å². The van der Waals surface area contributed by atoms with E-state index in [-0.39, 0.29) is 0 Å². The molecular weight excluding hydrogens is 791 g/mol. The van der Waals surface area contributed by atoms with Crippen LogP contribution >= 0.6 is 11.3 Å². The first-order valence-corrected chi connectivity index (χ1v) is 23.9. The van der Waals surface area contributed by atoms with Crippen LogP contribution in [0.3, 0.4) is 0 Å². The highest BCUT2D eigenvalue weighted by Gasteiger charge is 2.57.